The zero-order valence-electron chi connectivity index (χ0n) is 10.8. The molecule has 0 saturated carbocycles. The highest BCUT2D eigenvalue weighted by Gasteiger charge is 2.37. The number of rotatable bonds is 0. The van der Waals surface area contributed by atoms with E-state index < -0.39 is 0 Å². The molecule has 1 atom stereocenters. The Morgan fingerprint density at radius 1 is 1.20 bits per heavy atom. The van der Waals surface area contributed by atoms with Crippen molar-refractivity contribution in [2.45, 2.75) is 47.6 Å². The van der Waals surface area contributed by atoms with Crippen LogP contribution in [-0.4, -0.2) is 23.4 Å². The number of hydrogen-bond donors (Lipinski definition) is 0. The zero-order chi connectivity index (χ0) is 11.9. The predicted molar refractivity (Wildman–Crippen MR) is 63.6 cm³/mol. The number of nitrogens with zero attached hydrogens (tertiary/aromatic N) is 1. The maximum absolute atomic E-state index is 12.2. The van der Waals surface area contributed by atoms with Crippen molar-refractivity contribution in [2.24, 2.45) is 10.8 Å². The van der Waals surface area contributed by atoms with Gasteiger partial charge >= 0.3 is 0 Å². The molecule has 0 aromatic heterocycles. The first-order chi connectivity index (χ1) is 6.64. The molecule has 1 aliphatic rings. The van der Waals surface area contributed by atoms with Crippen LogP contribution in [0, 0.1) is 10.8 Å². The van der Waals surface area contributed by atoms with E-state index in [1.165, 1.54) is 0 Å². The van der Waals surface area contributed by atoms with Crippen LogP contribution in [0.15, 0.2) is 12.2 Å². The third-order valence-electron chi connectivity index (χ3n) is 2.75. The van der Waals surface area contributed by atoms with Crippen LogP contribution in [0.2, 0.25) is 0 Å². The average molecular weight is 209 g/mol. The average Bonchev–Trinajstić information content (AvgIpc) is 2.47. The third kappa shape index (κ3) is 2.61. The van der Waals surface area contributed by atoms with Gasteiger partial charge in [-0.3, -0.25) is 4.79 Å². The van der Waals surface area contributed by atoms with Crippen molar-refractivity contribution in [3.05, 3.63) is 12.2 Å². The van der Waals surface area contributed by atoms with E-state index in [0.29, 0.717) is 0 Å². The highest BCUT2D eigenvalue weighted by Crippen LogP contribution is 2.31. The first-order valence-electron chi connectivity index (χ1n) is 5.62. The van der Waals surface area contributed by atoms with Crippen LogP contribution >= 0.6 is 0 Å². The van der Waals surface area contributed by atoms with Crippen molar-refractivity contribution in [1.82, 2.24) is 4.90 Å². The fourth-order valence-corrected chi connectivity index (χ4v) is 1.92. The van der Waals surface area contributed by atoms with E-state index in [1.807, 2.05) is 25.7 Å². The summed E-state index contributed by atoms with van der Waals surface area (Å²) >= 11 is 0. The Morgan fingerprint density at radius 2 is 1.73 bits per heavy atom. The summed E-state index contributed by atoms with van der Waals surface area (Å²) < 4.78 is 0. The van der Waals surface area contributed by atoms with Crippen LogP contribution in [0.3, 0.4) is 0 Å². The molecular formula is C13H23NO. The van der Waals surface area contributed by atoms with Crippen molar-refractivity contribution >= 4 is 5.91 Å². The number of amides is 1. The van der Waals surface area contributed by atoms with E-state index in [0.717, 1.165) is 6.54 Å². The number of carbonyl (C=O) groups is 1. The topological polar surface area (TPSA) is 20.3 Å². The predicted octanol–water partition coefficient (Wildman–Crippen LogP) is 2.85. The van der Waals surface area contributed by atoms with Gasteiger partial charge in [0, 0.05) is 12.0 Å². The van der Waals surface area contributed by atoms with Crippen molar-refractivity contribution < 1.29 is 4.79 Å². The monoisotopic (exact) mass is 209 g/mol. The molecule has 2 nitrogen and oxygen atoms in total. The fraction of sp³-hybridized carbons (Fsp3) is 0.769. The third-order valence-corrected chi connectivity index (χ3v) is 2.75. The molecule has 2 heteroatoms. The van der Waals surface area contributed by atoms with Crippen molar-refractivity contribution in [1.29, 1.82) is 0 Å². The summed E-state index contributed by atoms with van der Waals surface area (Å²) in [7, 11) is 0. The van der Waals surface area contributed by atoms with Crippen molar-refractivity contribution in [2.75, 3.05) is 6.54 Å². The molecule has 0 spiro atoms. The number of carbonyl (C=O) groups excluding carboxylic acids is 1. The zero-order valence-corrected chi connectivity index (χ0v) is 10.8. The normalized spacial score (nSPS) is 22.3. The summed E-state index contributed by atoms with van der Waals surface area (Å²) in [6.45, 7) is 13.2. The summed E-state index contributed by atoms with van der Waals surface area (Å²) in [5.74, 6) is 0.243. The van der Waals surface area contributed by atoms with Crippen LogP contribution in [-0.2, 0) is 4.79 Å². The lowest BCUT2D eigenvalue weighted by molar-refractivity contribution is -0.141. The van der Waals surface area contributed by atoms with Gasteiger partial charge in [0.25, 0.3) is 0 Å². The minimum absolute atomic E-state index is 0.119. The summed E-state index contributed by atoms with van der Waals surface area (Å²) in [5.41, 5.74) is -0.163. The lowest BCUT2D eigenvalue weighted by atomic mass is 9.85. The van der Waals surface area contributed by atoms with Crippen molar-refractivity contribution in [3.8, 4) is 0 Å². The van der Waals surface area contributed by atoms with E-state index in [1.54, 1.807) is 0 Å². The Bertz CT molecular complexity index is 278. The summed E-state index contributed by atoms with van der Waals surface area (Å²) in [6, 6.07) is 0.240. The Kier molecular flexibility index (Phi) is 2.99. The van der Waals surface area contributed by atoms with Crippen LogP contribution < -0.4 is 0 Å². The summed E-state index contributed by atoms with van der Waals surface area (Å²) in [4.78, 5) is 14.2. The number of hydrogen-bond acceptors (Lipinski definition) is 1. The molecule has 86 valence electrons. The minimum Gasteiger partial charge on any atom is -0.332 e. The van der Waals surface area contributed by atoms with Gasteiger partial charge in [0.15, 0.2) is 0 Å². The molecule has 0 N–H and O–H groups in total. The highest BCUT2D eigenvalue weighted by atomic mass is 16.2. The molecule has 1 heterocycles. The van der Waals surface area contributed by atoms with Gasteiger partial charge in [0.1, 0.15) is 0 Å². The van der Waals surface area contributed by atoms with E-state index in [2.05, 4.69) is 32.9 Å². The Hall–Kier alpha value is -0.790. The van der Waals surface area contributed by atoms with Gasteiger partial charge in [0.05, 0.1) is 6.04 Å². The summed E-state index contributed by atoms with van der Waals surface area (Å²) in [5, 5.41) is 0. The highest BCUT2D eigenvalue weighted by molar-refractivity contribution is 5.82. The molecule has 1 aliphatic heterocycles. The van der Waals surface area contributed by atoms with Crippen LogP contribution in [0.1, 0.15) is 41.5 Å². The smallest absolute Gasteiger partial charge is 0.228 e. The van der Waals surface area contributed by atoms with Gasteiger partial charge < -0.3 is 4.90 Å². The fourth-order valence-electron chi connectivity index (χ4n) is 1.92. The molecule has 0 aromatic carbocycles. The molecule has 1 unspecified atom stereocenters. The van der Waals surface area contributed by atoms with E-state index >= 15 is 0 Å². The van der Waals surface area contributed by atoms with E-state index in [9.17, 15) is 4.79 Å². The molecule has 15 heavy (non-hydrogen) atoms. The molecule has 0 aliphatic carbocycles. The van der Waals surface area contributed by atoms with Crippen molar-refractivity contribution in [3.63, 3.8) is 0 Å². The Balaban J connectivity index is 2.86. The first-order valence-corrected chi connectivity index (χ1v) is 5.62. The van der Waals surface area contributed by atoms with Crippen LogP contribution in [0.4, 0.5) is 0 Å². The van der Waals surface area contributed by atoms with Gasteiger partial charge in [-0.15, -0.1) is 0 Å². The van der Waals surface area contributed by atoms with Gasteiger partial charge in [-0.25, -0.2) is 0 Å². The largest absolute Gasteiger partial charge is 0.332 e. The maximum Gasteiger partial charge on any atom is 0.228 e. The second-order valence-corrected chi connectivity index (χ2v) is 6.45. The van der Waals surface area contributed by atoms with Crippen LogP contribution in [0.25, 0.3) is 0 Å². The standard InChI is InChI=1S/C13H23NO/c1-12(2,3)10-8-7-9-14(10)11(15)13(4,5)6/h7-8,10H,9H2,1-6H3. The van der Waals surface area contributed by atoms with E-state index in [-0.39, 0.29) is 22.8 Å². The lowest BCUT2D eigenvalue weighted by Gasteiger charge is -2.37. The molecule has 0 fully saturated rings. The van der Waals surface area contributed by atoms with Crippen LogP contribution in [0.5, 0.6) is 0 Å². The van der Waals surface area contributed by atoms with Gasteiger partial charge in [-0.05, 0) is 5.41 Å². The molecule has 1 amide bonds. The second-order valence-electron chi connectivity index (χ2n) is 6.45. The molecule has 0 radical (unpaired) electrons. The molecule has 1 rings (SSSR count). The maximum atomic E-state index is 12.2. The minimum atomic E-state index is -0.282. The van der Waals surface area contributed by atoms with E-state index in [4.69, 9.17) is 0 Å². The molecule has 0 saturated heterocycles. The lowest BCUT2D eigenvalue weighted by Crippen LogP contribution is -2.47. The SMILES string of the molecule is CC(C)(C)C(=O)N1CC=CC1C(C)(C)C. The summed E-state index contributed by atoms with van der Waals surface area (Å²) in [6.07, 6.45) is 4.25. The van der Waals surface area contributed by atoms with Gasteiger partial charge in [-0.2, -0.15) is 0 Å². The quantitative estimate of drug-likeness (QED) is 0.562. The first kappa shape index (κ1) is 12.3. The Labute approximate surface area is 93.3 Å². The second kappa shape index (κ2) is 3.66. The molecular weight excluding hydrogens is 186 g/mol. The van der Waals surface area contributed by atoms with Gasteiger partial charge in [-0.1, -0.05) is 53.7 Å². The molecule has 0 bridgehead atoms. The Morgan fingerprint density at radius 3 is 2.13 bits per heavy atom. The van der Waals surface area contributed by atoms with Gasteiger partial charge in [0.2, 0.25) is 5.91 Å². The molecule has 0 aromatic rings.